The maximum absolute atomic E-state index is 12.6. The van der Waals surface area contributed by atoms with Crippen molar-refractivity contribution >= 4 is 11.6 Å². The number of carbonyl (C=O) groups excluding carboxylic acids is 2. The van der Waals surface area contributed by atoms with Crippen LogP contribution in [0.1, 0.15) is 79.8 Å². The Hall–Kier alpha value is -2.22. The Morgan fingerprint density at radius 2 is 0.846 bits per heavy atom. The molecule has 0 aliphatic carbocycles. The number of ketones is 2. The van der Waals surface area contributed by atoms with Gasteiger partial charge in [0.2, 0.25) is 0 Å². The van der Waals surface area contributed by atoms with E-state index in [1.165, 1.54) is 11.1 Å². The molecule has 0 N–H and O–H groups in total. The molecule has 2 aromatic rings. The van der Waals surface area contributed by atoms with E-state index in [0.717, 1.165) is 46.2 Å². The van der Waals surface area contributed by atoms with Gasteiger partial charge in [0.1, 0.15) is 0 Å². The SMILES string of the molecule is Cc1cc(C)c(C(=O)CCCCC(=O)c2c(C)cc(C)cc2C)c(C)c1. The van der Waals surface area contributed by atoms with Gasteiger partial charge in [-0.05, 0) is 76.6 Å². The monoisotopic (exact) mass is 350 g/mol. The van der Waals surface area contributed by atoms with E-state index in [-0.39, 0.29) is 11.6 Å². The van der Waals surface area contributed by atoms with Crippen molar-refractivity contribution in [2.24, 2.45) is 0 Å². The molecule has 0 aromatic heterocycles. The molecular formula is C24H30O2. The van der Waals surface area contributed by atoms with Crippen LogP contribution in [0.2, 0.25) is 0 Å². The fourth-order valence-corrected chi connectivity index (χ4v) is 4.06. The highest BCUT2D eigenvalue weighted by Crippen LogP contribution is 2.21. The van der Waals surface area contributed by atoms with Crippen LogP contribution in [0, 0.1) is 41.5 Å². The fraction of sp³-hybridized carbons (Fsp3) is 0.417. The van der Waals surface area contributed by atoms with Crippen LogP contribution in [0.5, 0.6) is 0 Å². The summed E-state index contributed by atoms with van der Waals surface area (Å²) in [4.78, 5) is 25.1. The molecule has 0 heterocycles. The van der Waals surface area contributed by atoms with Crippen molar-refractivity contribution in [2.75, 3.05) is 0 Å². The van der Waals surface area contributed by atoms with Gasteiger partial charge in [0.25, 0.3) is 0 Å². The number of benzene rings is 2. The second-order valence-corrected chi connectivity index (χ2v) is 7.60. The highest BCUT2D eigenvalue weighted by Gasteiger charge is 2.15. The van der Waals surface area contributed by atoms with Gasteiger partial charge in [0.15, 0.2) is 11.6 Å². The van der Waals surface area contributed by atoms with Gasteiger partial charge < -0.3 is 0 Å². The molecule has 0 amide bonds. The second-order valence-electron chi connectivity index (χ2n) is 7.60. The molecule has 0 aliphatic heterocycles. The Labute approximate surface area is 157 Å². The zero-order valence-electron chi connectivity index (χ0n) is 17.0. The molecule has 0 spiro atoms. The molecule has 0 bridgehead atoms. The first-order chi connectivity index (χ1) is 12.2. The summed E-state index contributed by atoms with van der Waals surface area (Å²) in [5, 5.41) is 0. The Bertz CT molecular complexity index is 726. The number of rotatable bonds is 7. The summed E-state index contributed by atoms with van der Waals surface area (Å²) >= 11 is 0. The third kappa shape index (κ3) is 4.69. The lowest BCUT2D eigenvalue weighted by Gasteiger charge is -2.11. The van der Waals surface area contributed by atoms with Crippen LogP contribution in [0.4, 0.5) is 0 Å². The van der Waals surface area contributed by atoms with Gasteiger partial charge in [0.05, 0.1) is 0 Å². The number of hydrogen-bond donors (Lipinski definition) is 0. The van der Waals surface area contributed by atoms with E-state index in [2.05, 4.69) is 38.1 Å². The first kappa shape index (κ1) is 20.1. The van der Waals surface area contributed by atoms with E-state index >= 15 is 0 Å². The van der Waals surface area contributed by atoms with Crippen LogP contribution < -0.4 is 0 Å². The van der Waals surface area contributed by atoms with Crippen molar-refractivity contribution in [3.8, 4) is 0 Å². The molecule has 0 atom stereocenters. The minimum Gasteiger partial charge on any atom is -0.294 e. The Balaban J connectivity index is 1.93. The van der Waals surface area contributed by atoms with E-state index in [9.17, 15) is 9.59 Å². The number of hydrogen-bond acceptors (Lipinski definition) is 2. The van der Waals surface area contributed by atoms with E-state index < -0.39 is 0 Å². The maximum Gasteiger partial charge on any atom is 0.163 e. The molecule has 26 heavy (non-hydrogen) atoms. The predicted molar refractivity (Wildman–Crippen MR) is 108 cm³/mol. The Morgan fingerprint density at radius 3 is 1.12 bits per heavy atom. The molecule has 138 valence electrons. The van der Waals surface area contributed by atoms with Crippen LogP contribution in [0.25, 0.3) is 0 Å². The van der Waals surface area contributed by atoms with Gasteiger partial charge in [-0.25, -0.2) is 0 Å². The molecule has 0 saturated carbocycles. The molecule has 0 radical (unpaired) electrons. The zero-order chi connectivity index (χ0) is 19.4. The maximum atomic E-state index is 12.6. The van der Waals surface area contributed by atoms with Gasteiger partial charge in [-0.1, -0.05) is 35.4 Å². The minimum atomic E-state index is 0.190. The van der Waals surface area contributed by atoms with E-state index in [1.807, 2.05) is 27.7 Å². The lowest BCUT2D eigenvalue weighted by atomic mass is 9.92. The normalized spacial score (nSPS) is 10.8. The van der Waals surface area contributed by atoms with E-state index in [4.69, 9.17) is 0 Å². The van der Waals surface area contributed by atoms with Crippen LogP contribution in [0.15, 0.2) is 24.3 Å². The summed E-state index contributed by atoms with van der Waals surface area (Å²) in [5.74, 6) is 0.380. The average molecular weight is 351 g/mol. The molecule has 2 aromatic carbocycles. The van der Waals surface area contributed by atoms with Crippen LogP contribution in [-0.4, -0.2) is 11.6 Å². The molecule has 0 unspecified atom stereocenters. The van der Waals surface area contributed by atoms with Crippen molar-refractivity contribution in [1.82, 2.24) is 0 Å². The van der Waals surface area contributed by atoms with Crippen molar-refractivity contribution < 1.29 is 9.59 Å². The third-order valence-corrected chi connectivity index (χ3v) is 4.97. The standard InChI is InChI=1S/C24H30O2/c1-15-11-17(3)23(18(4)12-15)21(25)9-7-8-10-22(26)24-19(5)13-16(2)14-20(24)6/h11-14H,7-10H2,1-6H3. The summed E-state index contributed by atoms with van der Waals surface area (Å²) in [6, 6.07) is 8.25. The first-order valence-electron chi connectivity index (χ1n) is 9.42. The largest absolute Gasteiger partial charge is 0.294 e. The smallest absolute Gasteiger partial charge is 0.163 e. The summed E-state index contributed by atoms with van der Waals surface area (Å²) in [5.41, 5.74) is 8.28. The molecule has 0 aliphatic rings. The first-order valence-corrected chi connectivity index (χ1v) is 9.42. The zero-order valence-corrected chi connectivity index (χ0v) is 17.0. The molecule has 0 saturated heterocycles. The second kappa shape index (κ2) is 8.44. The van der Waals surface area contributed by atoms with Crippen LogP contribution in [-0.2, 0) is 0 Å². The molecule has 2 heteroatoms. The average Bonchev–Trinajstić information content (AvgIpc) is 2.49. The van der Waals surface area contributed by atoms with E-state index in [1.54, 1.807) is 0 Å². The van der Waals surface area contributed by atoms with Gasteiger partial charge >= 0.3 is 0 Å². The molecule has 2 rings (SSSR count). The lowest BCUT2D eigenvalue weighted by Crippen LogP contribution is -2.07. The van der Waals surface area contributed by atoms with Crippen LogP contribution >= 0.6 is 0 Å². The van der Waals surface area contributed by atoms with Gasteiger partial charge in [-0.15, -0.1) is 0 Å². The third-order valence-electron chi connectivity index (χ3n) is 4.97. The minimum absolute atomic E-state index is 0.190. The van der Waals surface area contributed by atoms with Gasteiger partial charge in [-0.2, -0.15) is 0 Å². The summed E-state index contributed by atoms with van der Waals surface area (Å²) in [6.07, 6.45) is 2.51. The summed E-state index contributed by atoms with van der Waals surface area (Å²) in [6.45, 7) is 12.1. The summed E-state index contributed by atoms with van der Waals surface area (Å²) in [7, 11) is 0. The predicted octanol–water partition coefficient (Wildman–Crippen LogP) is 6.16. The Morgan fingerprint density at radius 1 is 0.577 bits per heavy atom. The number of Topliss-reactive ketones (excluding diaryl/α,β-unsaturated/α-hetero) is 2. The number of unbranched alkanes of at least 4 members (excludes halogenated alkanes) is 1. The Kier molecular flexibility index (Phi) is 6.52. The van der Waals surface area contributed by atoms with Crippen molar-refractivity contribution in [3.63, 3.8) is 0 Å². The fourth-order valence-electron chi connectivity index (χ4n) is 4.06. The highest BCUT2D eigenvalue weighted by atomic mass is 16.1. The van der Waals surface area contributed by atoms with Gasteiger partial charge in [0, 0.05) is 24.0 Å². The molecule has 0 fully saturated rings. The van der Waals surface area contributed by atoms with Crippen molar-refractivity contribution in [1.29, 1.82) is 0 Å². The molecular weight excluding hydrogens is 320 g/mol. The lowest BCUT2D eigenvalue weighted by molar-refractivity contribution is 0.0953. The molecule has 2 nitrogen and oxygen atoms in total. The number of carbonyl (C=O) groups is 2. The summed E-state index contributed by atoms with van der Waals surface area (Å²) < 4.78 is 0. The number of aryl methyl sites for hydroxylation is 6. The van der Waals surface area contributed by atoms with Crippen LogP contribution in [0.3, 0.4) is 0 Å². The quantitative estimate of drug-likeness (QED) is 0.442. The van der Waals surface area contributed by atoms with Crippen molar-refractivity contribution in [3.05, 3.63) is 68.8 Å². The van der Waals surface area contributed by atoms with Crippen molar-refractivity contribution in [2.45, 2.75) is 67.2 Å². The highest BCUT2D eigenvalue weighted by molar-refractivity contribution is 6.00. The van der Waals surface area contributed by atoms with Gasteiger partial charge in [-0.3, -0.25) is 9.59 Å². The van der Waals surface area contributed by atoms with E-state index in [0.29, 0.717) is 12.8 Å². The topological polar surface area (TPSA) is 34.1 Å².